The molecule has 17 heteroatoms. The quantitative estimate of drug-likeness (QED) is 0.136. The number of nitrogens with zero attached hydrogens (tertiary/aromatic N) is 2. The third-order valence-electron chi connectivity index (χ3n) is 5.19. The van der Waals surface area contributed by atoms with Gasteiger partial charge < -0.3 is 26.4 Å². The fourth-order valence-electron chi connectivity index (χ4n) is 3.19. The second-order valence-corrected chi connectivity index (χ2v) is 11.2. The second-order valence-electron chi connectivity index (χ2n) is 8.75. The van der Waals surface area contributed by atoms with Crippen LogP contribution in [0.25, 0.3) is 10.6 Å². The first-order valence-electron chi connectivity index (χ1n) is 12.2. The van der Waals surface area contributed by atoms with Crippen LogP contribution in [-0.4, -0.2) is 49.1 Å². The average molecular weight is 685 g/mol. The number of nitrogens with two attached hydrogens (primary N) is 1. The van der Waals surface area contributed by atoms with E-state index < -0.39 is 45.7 Å². The van der Waals surface area contributed by atoms with Crippen molar-refractivity contribution < 1.29 is 47.7 Å². The van der Waals surface area contributed by atoms with Gasteiger partial charge in [0.25, 0.3) is 5.91 Å². The van der Waals surface area contributed by atoms with E-state index in [9.17, 15) is 32.3 Å². The van der Waals surface area contributed by atoms with E-state index in [4.69, 9.17) is 32.7 Å². The Labute approximate surface area is 266 Å². The number of benzene rings is 2. The number of aliphatic carboxylic acids is 1. The van der Waals surface area contributed by atoms with E-state index in [0.717, 1.165) is 16.9 Å². The minimum absolute atomic E-state index is 0.0751. The smallest absolute Gasteiger partial charge is 0.435 e. The number of allylic oxidation sites excluding steroid dienone is 1. The van der Waals surface area contributed by atoms with Gasteiger partial charge in [0.2, 0.25) is 0 Å². The number of aromatic carboxylic acids is 2. The highest BCUT2D eigenvalue weighted by Gasteiger charge is 2.39. The van der Waals surface area contributed by atoms with Crippen LogP contribution < -0.4 is 11.1 Å². The van der Waals surface area contributed by atoms with E-state index in [2.05, 4.69) is 15.3 Å². The number of anilines is 1. The number of nitrogen functional groups attached to an aromatic ring is 1. The molecule has 238 valence electrons. The summed E-state index contributed by atoms with van der Waals surface area (Å²) < 4.78 is 36.1. The normalized spacial score (nSPS) is 10.4. The predicted molar refractivity (Wildman–Crippen MR) is 163 cm³/mol. The predicted octanol–water partition coefficient (Wildman–Crippen LogP) is 6.71. The Bertz CT molecular complexity index is 1740. The largest absolute Gasteiger partial charge is 0.477 e. The van der Waals surface area contributed by atoms with E-state index in [1.807, 2.05) is 18.2 Å². The number of thiazole rings is 2. The Balaban J connectivity index is 0.000000237. The van der Waals surface area contributed by atoms with Crippen molar-refractivity contribution in [3.63, 3.8) is 0 Å². The fraction of sp³-hybridized carbons (Fsp3) is 0.143. The molecule has 45 heavy (non-hydrogen) atoms. The molecule has 0 radical (unpaired) electrons. The highest BCUT2D eigenvalue weighted by atomic mass is 35.5. The molecule has 0 unspecified atom stereocenters. The standard InChI is InChI=1S/C12H13NO3.C11H8ClNO2S.C5H3F3N2O2S/c1-8(2)10(12(15)16)13-11(14)9-6-4-3-5-7-9;1-6-9(11(14)15)16-10(13-6)7-4-2-3-5-8(7)12;6-5(7,8)2-1(3(11)12)13-4(9)10-2/h3-7H,1-2H3,(H,13,14)(H,15,16);2-5H,1H3,(H,14,15);(H2,9,10)(H,11,12). The van der Waals surface area contributed by atoms with Crippen molar-refractivity contribution in [1.29, 1.82) is 0 Å². The van der Waals surface area contributed by atoms with Gasteiger partial charge in [-0.1, -0.05) is 59.3 Å². The van der Waals surface area contributed by atoms with Gasteiger partial charge in [0, 0.05) is 11.1 Å². The Kier molecular flexibility index (Phi) is 12.8. The first kappa shape index (κ1) is 36.4. The highest BCUT2D eigenvalue weighted by molar-refractivity contribution is 7.17. The minimum Gasteiger partial charge on any atom is -0.477 e. The van der Waals surface area contributed by atoms with Gasteiger partial charge in [0.15, 0.2) is 10.8 Å². The molecule has 4 aromatic rings. The lowest BCUT2D eigenvalue weighted by Gasteiger charge is -2.07. The topological polar surface area (TPSA) is 193 Å². The van der Waals surface area contributed by atoms with Crippen LogP contribution in [0.3, 0.4) is 0 Å². The van der Waals surface area contributed by atoms with Crippen LogP contribution in [0.15, 0.2) is 65.9 Å². The number of carboxylic acids is 3. The first-order valence-corrected chi connectivity index (χ1v) is 14.2. The first-order chi connectivity index (χ1) is 20.9. The maximum absolute atomic E-state index is 12.0. The zero-order valence-electron chi connectivity index (χ0n) is 23.5. The maximum atomic E-state index is 12.0. The lowest BCUT2D eigenvalue weighted by atomic mass is 10.2. The van der Waals surface area contributed by atoms with Crippen molar-refractivity contribution in [2.24, 2.45) is 0 Å². The Morgan fingerprint density at radius 2 is 1.42 bits per heavy atom. The fourth-order valence-corrected chi connectivity index (χ4v) is 5.10. The summed E-state index contributed by atoms with van der Waals surface area (Å²) in [5, 5.41) is 29.3. The van der Waals surface area contributed by atoms with Crippen molar-refractivity contribution in [3.8, 4) is 10.6 Å². The van der Waals surface area contributed by atoms with Crippen molar-refractivity contribution in [1.82, 2.24) is 15.3 Å². The molecule has 4 rings (SSSR count). The minimum atomic E-state index is -4.78. The third kappa shape index (κ3) is 10.4. The zero-order valence-corrected chi connectivity index (χ0v) is 25.9. The van der Waals surface area contributed by atoms with Gasteiger partial charge in [-0.2, -0.15) is 13.2 Å². The summed E-state index contributed by atoms with van der Waals surface area (Å²) in [4.78, 5) is 50.2. The molecule has 0 fully saturated rings. The number of hydrogen-bond donors (Lipinski definition) is 5. The third-order valence-corrected chi connectivity index (χ3v) is 7.57. The number of alkyl halides is 3. The Morgan fingerprint density at radius 1 is 0.867 bits per heavy atom. The van der Waals surface area contributed by atoms with Gasteiger partial charge in [-0.25, -0.2) is 24.4 Å². The Morgan fingerprint density at radius 3 is 1.87 bits per heavy atom. The molecule has 0 aliphatic rings. The molecule has 0 atom stereocenters. The summed E-state index contributed by atoms with van der Waals surface area (Å²) in [6, 6.07) is 15.7. The molecule has 0 bridgehead atoms. The molecule has 0 aliphatic carbocycles. The summed E-state index contributed by atoms with van der Waals surface area (Å²) >= 11 is 7.46. The molecule has 0 saturated heterocycles. The molecule has 1 amide bonds. The average Bonchev–Trinajstić information content (AvgIpc) is 3.56. The van der Waals surface area contributed by atoms with Crippen LogP contribution in [0, 0.1) is 6.92 Å². The Hall–Kier alpha value is -4.80. The van der Waals surface area contributed by atoms with Crippen molar-refractivity contribution in [2.45, 2.75) is 26.9 Å². The number of aromatic nitrogens is 2. The highest BCUT2D eigenvalue weighted by Crippen LogP contribution is 2.35. The number of hydrogen-bond acceptors (Lipinski definition) is 9. The molecule has 2 heterocycles. The van der Waals surface area contributed by atoms with E-state index in [0.29, 0.717) is 38.2 Å². The van der Waals surface area contributed by atoms with Gasteiger partial charge in [0.05, 0.1) is 10.7 Å². The molecular formula is C28H24ClF3N4O7S2. The number of halogens is 4. The molecule has 0 saturated carbocycles. The summed E-state index contributed by atoms with van der Waals surface area (Å²) in [6.07, 6.45) is -4.78. The monoisotopic (exact) mass is 684 g/mol. The summed E-state index contributed by atoms with van der Waals surface area (Å²) in [5.41, 5.74) is 5.72. The summed E-state index contributed by atoms with van der Waals surface area (Å²) in [5.74, 6) is -4.18. The SMILES string of the molecule is CC(C)=C(NC(=O)c1ccccc1)C(=O)O.Cc1nc(-c2ccccc2Cl)sc1C(=O)O.Nc1nc(C(F)(F)F)c(C(=O)O)s1. The number of carboxylic acid groups (broad SMARTS) is 3. The molecule has 2 aromatic heterocycles. The van der Waals surface area contributed by atoms with E-state index >= 15 is 0 Å². The lowest BCUT2D eigenvalue weighted by Crippen LogP contribution is -2.28. The number of nitrogens with one attached hydrogen (secondary N) is 1. The molecule has 0 aliphatic heterocycles. The molecule has 6 N–H and O–H groups in total. The molecule has 0 spiro atoms. The summed E-state index contributed by atoms with van der Waals surface area (Å²) in [6.45, 7) is 4.95. The van der Waals surface area contributed by atoms with Crippen molar-refractivity contribution in [2.75, 3.05) is 5.73 Å². The summed E-state index contributed by atoms with van der Waals surface area (Å²) in [7, 11) is 0. The van der Waals surface area contributed by atoms with Crippen LogP contribution >= 0.6 is 34.3 Å². The second kappa shape index (κ2) is 15.8. The van der Waals surface area contributed by atoms with Crippen LogP contribution in [0.4, 0.5) is 18.3 Å². The lowest BCUT2D eigenvalue weighted by molar-refractivity contribution is -0.141. The number of rotatable bonds is 6. The van der Waals surface area contributed by atoms with Crippen LogP contribution in [0.1, 0.15) is 54.9 Å². The van der Waals surface area contributed by atoms with Gasteiger partial charge in [0.1, 0.15) is 20.5 Å². The van der Waals surface area contributed by atoms with E-state index in [1.54, 1.807) is 57.2 Å². The van der Waals surface area contributed by atoms with Crippen LogP contribution in [-0.2, 0) is 11.0 Å². The van der Waals surface area contributed by atoms with Crippen molar-refractivity contribution in [3.05, 3.63) is 97.6 Å². The molecular weight excluding hydrogens is 661 g/mol. The number of amides is 1. The van der Waals surface area contributed by atoms with Crippen LogP contribution in [0.2, 0.25) is 5.02 Å². The van der Waals surface area contributed by atoms with Gasteiger partial charge >= 0.3 is 24.1 Å². The van der Waals surface area contributed by atoms with E-state index in [1.165, 1.54) is 0 Å². The van der Waals surface area contributed by atoms with Crippen molar-refractivity contribution >= 4 is 63.2 Å². The molecule has 11 nitrogen and oxygen atoms in total. The number of aryl methyl sites for hydroxylation is 1. The number of carbonyl (C=O) groups excluding carboxylic acids is 1. The van der Waals surface area contributed by atoms with Gasteiger partial charge in [-0.15, -0.1) is 11.3 Å². The van der Waals surface area contributed by atoms with Gasteiger partial charge in [-0.3, -0.25) is 4.79 Å². The number of carbonyl (C=O) groups is 4. The molecule has 2 aromatic carbocycles. The zero-order chi connectivity index (χ0) is 34.1. The maximum Gasteiger partial charge on any atom is 0.435 e. The van der Waals surface area contributed by atoms with Gasteiger partial charge in [-0.05, 0) is 44.5 Å². The van der Waals surface area contributed by atoms with E-state index in [-0.39, 0.29) is 10.6 Å². The van der Waals surface area contributed by atoms with Crippen LogP contribution in [0.5, 0.6) is 0 Å².